The first-order valence-corrected chi connectivity index (χ1v) is 6.03. The highest BCUT2D eigenvalue weighted by Gasteiger charge is 2.26. The lowest BCUT2D eigenvalue weighted by Gasteiger charge is -2.02. The average Bonchev–Trinajstić information content (AvgIpc) is 2.72. The Morgan fingerprint density at radius 1 is 0.944 bits per heavy atom. The molecule has 1 aliphatic carbocycles. The predicted molar refractivity (Wildman–Crippen MR) is 69.9 cm³/mol. The largest absolute Gasteiger partial charge is 0.294 e. The van der Waals surface area contributed by atoms with Gasteiger partial charge in [-0.3, -0.25) is 9.59 Å². The minimum Gasteiger partial charge on any atom is -0.294 e. The molecule has 2 heteroatoms. The van der Waals surface area contributed by atoms with Crippen molar-refractivity contribution in [1.29, 1.82) is 0 Å². The van der Waals surface area contributed by atoms with E-state index < -0.39 is 0 Å². The Kier molecular flexibility index (Phi) is 2.37. The molecule has 0 heterocycles. The summed E-state index contributed by atoms with van der Waals surface area (Å²) in [7, 11) is 0. The molecule has 2 nitrogen and oxygen atoms in total. The second kappa shape index (κ2) is 3.91. The Morgan fingerprint density at radius 2 is 1.61 bits per heavy atom. The first kappa shape index (κ1) is 10.9. The van der Waals surface area contributed by atoms with Crippen LogP contribution in [0.3, 0.4) is 0 Å². The summed E-state index contributed by atoms with van der Waals surface area (Å²) in [5.74, 6) is 0.0907. The van der Waals surface area contributed by atoms with Gasteiger partial charge in [-0.1, -0.05) is 43.3 Å². The Labute approximate surface area is 105 Å². The summed E-state index contributed by atoms with van der Waals surface area (Å²) in [6, 6.07) is 13.0. The van der Waals surface area contributed by atoms with E-state index in [1.807, 2.05) is 37.3 Å². The summed E-state index contributed by atoms with van der Waals surface area (Å²) in [6.07, 6.45) is 0.458. The fourth-order valence-electron chi connectivity index (χ4n) is 2.41. The van der Waals surface area contributed by atoms with Gasteiger partial charge in [-0.15, -0.1) is 0 Å². The van der Waals surface area contributed by atoms with Crippen molar-refractivity contribution >= 4 is 11.6 Å². The van der Waals surface area contributed by atoms with Gasteiger partial charge >= 0.3 is 0 Å². The molecule has 0 unspecified atom stereocenters. The van der Waals surface area contributed by atoms with E-state index in [0.717, 1.165) is 16.7 Å². The second-order valence-electron chi connectivity index (χ2n) is 4.41. The van der Waals surface area contributed by atoms with Crippen LogP contribution < -0.4 is 0 Å². The number of hydrogen-bond acceptors (Lipinski definition) is 2. The Morgan fingerprint density at radius 3 is 2.33 bits per heavy atom. The first-order chi connectivity index (χ1) is 8.72. The summed E-state index contributed by atoms with van der Waals surface area (Å²) in [5.41, 5.74) is 3.90. The minimum absolute atomic E-state index is 0.0198. The lowest BCUT2D eigenvalue weighted by molar-refractivity contribution is 0.0988. The van der Waals surface area contributed by atoms with Crippen molar-refractivity contribution in [3.8, 4) is 11.1 Å². The van der Waals surface area contributed by atoms with E-state index in [4.69, 9.17) is 0 Å². The molecule has 0 saturated carbocycles. The maximum absolute atomic E-state index is 12.2. The highest BCUT2D eigenvalue weighted by atomic mass is 16.1. The highest BCUT2D eigenvalue weighted by Crippen LogP contribution is 2.36. The molecule has 0 spiro atoms. The molecule has 3 rings (SSSR count). The molecule has 0 N–H and O–H groups in total. The number of hydrogen-bond donors (Lipinski definition) is 0. The molecule has 0 atom stereocenters. The van der Waals surface area contributed by atoms with Crippen LogP contribution >= 0.6 is 0 Å². The van der Waals surface area contributed by atoms with Crippen LogP contribution in [0.2, 0.25) is 0 Å². The van der Waals surface area contributed by atoms with Crippen LogP contribution in [-0.2, 0) is 0 Å². The van der Waals surface area contributed by atoms with Crippen molar-refractivity contribution in [2.75, 3.05) is 0 Å². The summed E-state index contributed by atoms with van der Waals surface area (Å²) in [4.78, 5) is 23.9. The van der Waals surface area contributed by atoms with Crippen molar-refractivity contribution in [1.82, 2.24) is 0 Å². The molecule has 2 aromatic rings. The highest BCUT2D eigenvalue weighted by molar-refractivity contribution is 6.22. The van der Waals surface area contributed by atoms with Gasteiger partial charge in [-0.2, -0.15) is 0 Å². The standard InChI is InChI=1S/C16H12O2/c1-2-15(17)10-7-8-12-11-5-3-4-6-13(11)16(18)14(12)9-10/h3-9H,2H2,1H3. The lowest BCUT2D eigenvalue weighted by atomic mass is 10.0. The van der Waals surface area contributed by atoms with E-state index in [1.54, 1.807) is 12.1 Å². The molecule has 0 aliphatic heterocycles. The van der Waals surface area contributed by atoms with Crippen molar-refractivity contribution in [3.05, 3.63) is 59.2 Å². The van der Waals surface area contributed by atoms with Crippen LogP contribution in [-0.4, -0.2) is 11.6 Å². The van der Waals surface area contributed by atoms with Gasteiger partial charge in [0.15, 0.2) is 11.6 Å². The number of rotatable bonds is 2. The number of fused-ring (bicyclic) bond motifs is 3. The molecular formula is C16H12O2. The number of ketones is 2. The zero-order chi connectivity index (χ0) is 12.7. The molecular weight excluding hydrogens is 224 g/mol. The summed E-state index contributed by atoms with van der Waals surface area (Å²) >= 11 is 0. The SMILES string of the molecule is CCC(=O)c1ccc2c(c1)C(=O)c1ccccc1-2. The number of Topliss-reactive ketones (excluding diaryl/α,β-unsaturated/α-hetero) is 1. The van der Waals surface area contributed by atoms with Gasteiger partial charge in [-0.25, -0.2) is 0 Å². The molecule has 0 saturated heterocycles. The number of carbonyl (C=O) groups is 2. The normalized spacial score (nSPS) is 12.2. The van der Waals surface area contributed by atoms with Crippen LogP contribution in [0.5, 0.6) is 0 Å². The van der Waals surface area contributed by atoms with Gasteiger partial charge in [-0.05, 0) is 17.2 Å². The Balaban J connectivity index is 2.20. The van der Waals surface area contributed by atoms with Crippen LogP contribution in [0.15, 0.2) is 42.5 Å². The fourth-order valence-corrected chi connectivity index (χ4v) is 2.41. The van der Waals surface area contributed by atoms with Crippen molar-refractivity contribution in [2.24, 2.45) is 0 Å². The number of carbonyl (C=O) groups excluding carboxylic acids is 2. The van der Waals surface area contributed by atoms with E-state index >= 15 is 0 Å². The molecule has 0 fully saturated rings. The van der Waals surface area contributed by atoms with E-state index in [1.165, 1.54) is 0 Å². The van der Waals surface area contributed by atoms with Crippen LogP contribution in [0, 0.1) is 0 Å². The van der Waals surface area contributed by atoms with E-state index in [2.05, 4.69) is 0 Å². The fraction of sp³-hybridized carbons (Fsp3) is 0.125. The zero-order valence-corrected chi connectivity index (χ0v) is 10.1. The first-order valence-electron chi connectivity index (χ1n) is 6.03. The zero-order valence-electron chi connectivity index (χ0n) is 10.1. The van der Waals surface area contributed by atoms with Gasteiger partial charge in [0.05, 0.1) is 0 Å². The summed E-state index contributed by atoms with van der Waals surface area (Å²) < 4.78 is 0. The average molecular weight is 236 g/mol. The third-order valence-corrected chi connectivity index (χ3v) is 3.37. The molecule has 18 heavy (non-hydrogen) atoms. The predicted octanol–water partition coefficient (Wildman–Crippen LogP) is 3.49. The van der Waals surface area contributed by atoms with Gasteiger partial charge in [0.1, 0.15) is 0 Å². The van der Waals surface area contributed by atoms with Gasteiger partial charge in [0.25, 0.3) is 0 Å². The van der Waals surface area contributed by atoms with Crippen LogP contribution in [0.25, 0.3) is 11.1 Å². The smallest absolute Gasteiger partial charge is 0.194 e. The van der Waals surface area contributed by atoms with E-state index in [9.17, 15) is 9.59 Å². The van der Waals surface area contributed by atoms with Crippen LogP contribution in [0.1, 0.15) is 39.6 Å². The molecule has 0 aromatic heterocycles. The monoisotopic (exact) mass is 236 g/mol. The summed E-state index contributed by atoms with van der Waals surface area (Å²) in [6.45, 7) is 1.83. The molecule has 2 aromatic carbocycles. The van der Waals surface area contributed by atoms with Gasteiger partial charge in [0.2, 0.25) is 0 Å². The molecule has 0 bridgehead atoms. The van der Waals surface area contributed by atoms with Crippen LogP contribution in [0.4, 0.5) is 0 Å². The minimum atomic E-state index is 0.0198. The molecule has 88 valence electrons. The van der Waals surface area contributed by atoms with E-state index in [0.29, 0.717) is 17.5 Å². The third kappa shape index (κ3) is 1.42. The molecule has 0 radical (unpaired) electrons. The molecule has 1 aliphatic rings. The van der Waals surface area contributed by atoms with Gasteiger partial charge < -0.3 is 0 Å². The molecule has 0 amide bonds. The van der Waals surface area contributed by atoms with Crippen molar-refractivity contribution in [3.63, 3.8) is 0 Å². The van der Waals surface area contributed by atoms with Gasteiger partial charge in [0, 0.05) is 23.1 Å². The third-order valence-electron chi connectivity index (χ3n) is 3.37. The maximum atomic E-state index is 12.2. The lowest BCUT2D eigenvalue weighted by Crippen LogP contribution is -2.00. The van der Waals surface area contributed by atoms with Crippen molar-refractivity contribution in [2.45, 2.75) is 13.3 Å². The Bertz CT molecular complexity index is 669. The number of benzene rings is 2. The van der Waals surface area contributed by atoms with E-state index in [-0.39, 0.29) is 11.6 Å². The second-order valence-corrected chi connectivity index (χ2v) is 4.41. The summed E-state index contributed by atoms with van der Waals surface area (Å²) in [5, 5.41) is 0. The van der Waals surface area contributed by atoms with Crippen molar-refractivity contribution < 1.29 is 9.59 Å². The topological polar surface area (TPSA) is 34.1 Å². The Hall–Kier alpha value is -2.22. The quantitative estimate of drug-likeness (QED) is 0.638. The maximum Gasteiger partial charge on any atom is 0.194 e.